The molecule has 0 atom stereocenters. The number of hydrogen-bond acceptors (Lipinski definition) is 5. The van der Waals surface area contributed by atoms with Gasteiger partial charge in [-0.1, -0.05) is 6.92 Å². The zero-order valence-corrected chi connectivity index (χ0v) is 12.9. The summed E-state index contributed by atoms with van der Waals surface area (Å²) < 4.78 is 1.70. The molecule has 1 aliphatic heterocycles. The van der Waals surface area contributed by atoms with Crippen LogP contribution in [0.4, 0.5) is 5.82 Å². The van der Waals surface area contributed by atoms with Crippen molar-refractivity contribution in [3.05, 3.63) is 22.1 Å². The number of rotatable bonds is 7. The van der Waals surface area contributed by atoms with E-state index in [2.05, 4.69) is 22.1 Å². The van der Waals surface area contributed by atoms with Crippen LogP contribution in [0.5, 0.6) is 0 Å². The third-order valence-corrected chi connectivity index (χ3v) is 4.25. The molecule has 0 bridgehead atoms. The summed E-state index contributed by atoms with van der Waals surface area (Å²) in [5.41, 5.74) is 0. The van der Waals surface area contributed by atoms with E-state index < -0.39 is 0 Å². The third-order valence-electron chi connectivity index (χ3n) is 4.25. The van der Waals surface area contributed by atoms with Gasteiger partial charge in [-0.25, -0.2) is 9.55 Å². The Kier molecular flexibility index (Phi) is 5.69. The van der Waals surface area contributed by atoms with E-state index in [-0.39, 0.29) is 10.7 Å². The number of likely N-dealkylation sites (tertiary alicyclic amines) is 1. The highest BCUT2D eigenvalue weighted by molar-refractivity contribution is 5.18. The number of nitrogens with zero attached hydrogens (tertiary/aromatic N) is 4. The smallest absolute Gasteiger partial charge is 0.342 e. The first-order chi connectivity index (χ1) is 10.1. The van der Waals surface area contributed by atoms with Crippen LogP contribution in [0, 0.1) is 23.0 Å². The van der Waals surface area contributed by atoms with Crippen LogP contribution in [0.2, 0.25) is 0 Å². The lowest BCUT2D eigenvalue weighted by molar-refractivity contribution is -0.392. The molecule has 0 spiro atoms. The third kappa shape index (κ3) is 4.25. The topological polar surface area (TPSA) is 76.2 Å². The maximum absolute atomic E-state index is 11.0. The summed E-state index contributed by atoms with van der Waals surface area (Å²) in [5.74, 6) is 1.57. The van der Waals surface area contributed by atoms with Gasteiger partial charge in [0.1, 0.15) is 12.7 Å². The maximum atomic E-state index is 11.0. The summed E-state index contributed by atoms with van der Waals surface area (Å²) in [6.07, 6.45) is 3.76. The summed E-state index contributed by atoms with van der Waals surface area (Å²) >= 11 is 0. The van der Waals surface area contributed by atoms with Crippen molar-refractivity contribution >= 4 is 5.82 Å². The molecule has 7 heteroatoms. The van der Waals surface area contributed by atoms with Crippen molar-refractivity contribution in [1.82, 2.24) is 19.8 Å². The number of piperidine rings is 1. The molecule has 1 fully saturated rings. The first kappa shape index (κ1) is 15.9. The van der Waals surface area contributed by atoms with Crippen molar-refractivity contribution in [2.24, 2.45) is 5.92 Å². The molecule has 7 nitrogen and oxygen atoms in total. The molecule has 21 heavy (non-hydrogen) atoms. The van der Waals surface area contributed by atoms with Crippen molar-refractivity contribution in [1.29, 1.82) is 0 Å². The van der Waals surface area contributed by atoms with E-state index in [1.165, 1.54) is 19.0 Å². The zero-order chi connectivity index (χ0) is 15.2. The van der Waals surface area contributed by atoms with E-state index in [1.54, 1.807) is 4.57 Å². The second-order valence-electron chi connectivity index (χ2n) is 5.67. The van der Waals surface area contributed by atoms with Gasteiger partial charge in [0.15, 0.2) is 5.82 Å². The van der Waals surface area contributed by atoms with Crippen molar-refractivity contribution in [3.8, 4) is 0 Å². The lowest BCUT2D eigenvalue weighted by atomic mass is 9.97. The Bertz CT molecular complexity index is 466. The minimum absolute atomic E-state index is 0.0922. The fourth-order valence-corrected chi connectivity index (χ4v) is 2.88. The van der Waals surface area contributed by atoms with Crippen LogP contribution in [0.3, 0.4) is 0 Å². The van der Waals surface area contributed by atoms with Crippen LogP contribution in [0.1, 0.15) is 25.6 Å². The first-order valence-electron chi connectivity index (χ1n) is 7.71. The maximum Gasteiger partial charge on any atom is 0.342 e. The molecule has 1 aliphatic rings. The summed E-state index contributed by atoms with van der Waals surface area (Å²) in [6, 6.07) is 0. The molecule has 0 aliphatic carbocycles. The fourth-order valence-electron chi connectivity index (χ4n) is 2.88. The van der Waals surface area contributed by atoms with E-state index in [9.17, 15) is 10.1 Å². The van der Waals surface area contributed by atoms with Crippen LogP contribution >= 0.6 is 0 Å². The Morgan fingerprint density at radius 3 is 2.76 bits per heavy atom. The van der Waals surface area contributed by atoms with Gasteiger partial charge in [-0.2, -0.15) is 0 Å². The highest BCUT2D eigenvalue weighted by atomic mass is 16.6. The number of hydrogen-bond donors (Lipinski definition) is 1. The van der Waals surface area contributed by atoms with Gasteiger partial charge in [0.05, 0.1) is 0 Å². The molecule has 1 N–H and O–H groups in total. The molecule has 0 amide bonds. The predicted molar refractivity (Wildman–Crippen MR) is 81.3 cm³/mol. The Balaban J connectivity index is 1.80. The summed E-state index contributed by atoms with van der Waals surface area (Å²) in [7, 11) is 0. The molecule has 118 valence electrons. The lowest BCUT2D eigenvalue weighted by Crippen LogP contribution is -2.38. The van der Waals surface area contributed by atoms with Crippen LogP contribution in [-0.4, -0.2) is 52.1 Å². The molecule has 0 radical (unpaired) electrons. The van der Waals surface area contributed by atoms with Gasteiger partial charge in [0.2, 0.25) is 0 Å². The molecule has 0 unspecified atom stereocenters. The summed E-state index contributed by atoms with van der Waals surface area (Å²) in [6.45, 7) is 9.74. The number of nitro groups is 1. The van der Waals surface area contributed by atoms with Crippen molar-refractivity contribution < 1.29 is 4.92 Å². The zero-order valence-electron chi connectivity index (χ0n) is 12.9. The van der Waals surface area contributed by atoms with Crippen LogP contribution in [-0.2, 0) is 6.54 Å². The molecular formula is C14H25N5O2. The van der Waals surface area contributed by atoms with E-state index in [0.29, 0.717) is 12.4 Å². The molecular weight excluding hydrogens is 270 g/mol. The van der Waals surface area contributed by atoms with Crippen LogP contribution in [0.25, 0.3) is 0 Å². The van der Waals surface area contributed by atoms with Crippen molar-refractivity contribution in [3.63, 3.8) is 0 Å². The van der Waals surface area contributed by atoms with Gasteiger partial charge in [0, 0.05) is 13.5 Å². The first-order valence-corrected chi connectivity index (χ1v) is 7.71. The van der Waals surface area contributed by atoms with E-state index in [0.717, 1.165) is 38.6 Å². The molecule has 1 saturated heterocycles. The average molecular weight is 295 g/mol. The predicted octanol–water partition coefficient (Wildman–Crippen LogP) is 1.42. The van der Waals surface area contributed by atoms with Crippen LogP contribution < -0.4 is 5.32 Å². The van der Waals surface area contributed by atoms with Crippen molar-refractivity contribution in [2.45, 2.75) is 33.2 Å². The minimum atomic E-state index is -0.358. The van der Waals surface area contributed by atoms with Gasteiger partial charge < -0.3 is 15.4 Å². The second kappa shape index (κ2) is 7.51. The van der Waals surface area contributed by atoms with Gasteiger partial charge in [0.25, 0.3) is 0 Å². The average Bonchev–Trinajstić information content (AvgIpc) is 2.85. The molecule has 2 heterocycles. The van der Waals surface area contributed by atoms with E-state index >= 15 is 0 Å². The Labute approximate surface area is 125 Å². The molecule has 2 rings (SSSR count). The molecule has 1 aromatic heterocycles. The SMILES string of the molecule is CCNCC1CCN(CCn2c([N+](=O)[O-])cnc2C)CC1. The highest BCUT2D eigenvalue weighted by Gasteiger charge is 2.21. The molecule has 0 aromatic carbocycles. The summed E-state index contributed by atoms with van der Waals surface area (Å²) in [5, 5.41) is 14.4. The number of imidazole rings is 1. The summed E-state index contributed by atoms with van der Waals surface area (Å²) in [4.78, 5) is 17.0. The van der Waals surface area contributed by atoms with Crippen molar-refractivity contribution in [2.75, 3.05) is 32.7 Å². The number of nitrogens with one attached hydrogen (secondary N) is 1. The number of aromatic nitrogens is 2. The highest BCUT2D eigenvalue weighted by Crippen LogP contribution is 2.18. The normalized spacial score (nSPS) is 17.2. The fraction of sp³-hybridized carbons (Fsp3) is 0.786. The largest absolute Gasteiger partial charge is 0.358 e. The van der Waals surface area contributed by atoms with Gasteiger partial charge in [-0.3, -0.25) is 4.90 Å². The standard InChI is InChI=1S/C14H25N5O2/c1-3-15-10-13-4-6-17(7-5-13)8-9-18-12(2)16-11-14(18)19(20)21/h11,13,15H,3-10H2,1-2H3. The quantitative estimate of drug-likeness (QED) is 0.608. The van der Waals surface area contributed by atoms with Gasteiger partial charge >= 0.3 is 5.82 Å². The Morgan fingerprint density at radius 1 is 1.43 bits per heavy atom. The lowest BCUT2D eigenvalue weighted by Gasteiger charge is -2.31. The van der Waals surface area contributed by atoms with Crippen LogP contribution in [0.15, 0.2) is 6.20 Å². The monoisotopic (exact) mass is 295 g/mol. The number of aryl methyl sites for hydroxylation is 1. The second-order valence-corrected chi connectivity index (χ2v) is 5.67. The molecule has 0 saturated carbocycles. The van der Waals surface area contributed by atoms with Gasteiger partial charge in [-0.05, 0) is 49.9 Å². The Hall–Kier alpha value is -1.47. The van der Waals surface area contributed by atoms with E-state index in [1.807, 2.05) is 6.92 Å². The van der Waals surface area contributed by atoms with E-state index in [4.69, 9.17) is 0 Å². The molecule has 1 aromatic rings. The minimum Gasteiger partial charge on any atom is -0.358 e. The van der Waals surface area contributed by atoms with Gasteiger partial charge in [-0.15, -0.1) is 0 Å². The Morgan fingerprint density at radius 2 is 2.14 bits per heavy atom.